The van der Waals surface area contributed by atoms with Gasteiger partial charge in [-0.3, -0.25) is 9.59 Å². The Hall–Kier alpha value is -2.58. The summed E-state index contributed by atoms with van der Waals surface area (Å²) in [6, 6.07) is 24.2. The van der Waals surface area contributed by atoms with Crippen molar-refractivity contribution < 1.29 is 14.3 Å². The number of carbonyl (C=O) groups excluding carboxylic acids is 2. The number of nitrogens with one attached hydrogen (secondary N) is 1. The fourth-order valence-electron chi connectivity index (χ4n) is 4.67. The fourth-order valence-corrected chi connectivity index (χ4v) is 5.22. The van der Waals surface area contributed by atoms with E-state index in [-0.39, 0.29) is 31.0 Å². The Morgan fingerprint density at radius 3 is 2.32 bits per heavy atom. The summed E-state index contributed by atoms with van der Waals surface area (Å²) < 4.78 is 6.92. The van der Waals surface area contributed by atoms with Crippen molar-refractivity contribution in [2.24, 2.45) is 0 Å². The van der Waals surface area contributed by atoms with E-state index in [0.717, 1.165) is 40.4 Å². The van der Waals surface area contributed by atoms with Crippen molar-refractivity contribution in [3.05, 3.63) is 98.6 Å². The quantitative estimate of drug-likeness (QED) is 0.264. The standard InChI is InChI=1S/C30H32ClIN2O3/c31-27-14-8-7-11-23(27)20-34(29(35)21-37-26-17-15-24(32)16-18-26)28(19-22-9-3-1-4-10-22)30(36)33-25-12-5-2-6-13-25/h1,3-4,7-11,14-18,25,28H,2,5-6,12-13,19-21H2,(H,33,36)/t28-/m1/s1. The number of hydrogen-bond acceptors (Lipinski definition) is 3. The van der Waals surface area contributed by atoms with Gasteiger partial charge in [-0.15, -0.1) is 0 Å². The molecule has 1 saturated carbocycles. The minimum atomic E-state index is -0.701. The largest absolute Gasteiger partial charge is 0.484 e. The predicted octanol–water partition coefficient (Wildman–Crippen LogP) is 6.41. The minimum absolute atomic E-state index is 0.134. The second kappa shape index (κ2) is 13.8. The molecule has 0 aliphatic heterocycles. The van der Waals surface area contributed by atoms with Crippen LogP contribution in [0, 0.1) is 3.57 Å². The van der Waals surface area contributed by atoms with Crippen LogP contribution in [-0.2, 0) is 22.6 Å². The third-order valence-corrected chi connectivity index (χ3v) is 7.79. The molecule has 1 aliphatic rings. The zero-order chi connectivity index (χ0) is 26.0. The normalized spacial score (nSPS) is 14.5. The average molecular weight is 631 g/mol. The number of ether oxygens (including phenoxy) is 1. The van der Waals surface area contributed by atoms with Gasteiger partial charge in [0, 0.05) is 27.6 Å². The molecule has 0 heterocycles. The maximum Gasteiger partial charge on any atom is 0.261 e. The first-order valence-electron chi connectivity index (χ1n) is 12.7. The lowest BCUT2D eigenvalue weighted by atomic mass is 9.94. The molecular weight excluding hydrogens is 599 g/mol. The van der Waals surface area contributed by atoms with Gasteiger partial charge in [0.05, 0.1) is 0 Å². The first-order chi connectivity index (χ1) is 18.0. The van der Waals surface area contributed by atoms with E-state index in [1.165, 1.54) is 6.42 Å². The van der Waals surface area contributed by atoms with Crippen molar-refractivity contribution in [1.82, 2.24) is 10.2 Å². The van der Waals surface area contributed by atoms with Crippen LogP contribution in [-0.4, -0.2) is 35.4 Å². The Bertz CT molecular complexity index is 1170. The number of nitrogens with zero attached hydrogens (tertiary/aromatic N) is 1. The Balaban J connectivity index is 1.61. The Morgan fingerprint density at radius 1 is 0.946 bits per heavy atom. The van der Waals surface area contributed by atoms with E-state index in [9.17, 15) is 9.59 Å². The molecule has 3 aromatic carbocycles. The van der Waals surface area contributed by atoms with Crippen LogP contribution in [0.1, 0.15) is 43.2 Å². The number of benzene rings is 3. The first kappa shape index (κ1) is 27.5. The highest BCUT2D eigenvalue weighted by Crippen LogP contribution is 2.23. The summed E-state index contributed by atoms with van der Waals surface area (Å²) in [5.41, 5.74) is 1.78. The van der Waals surface area contributed by atoms with Crippen molar-refractivity contribution in [1.29, 1.82) is 0 Å². The van der Waals surface area contributed by atoms with Crippen molar-refractivity contribution >= 4 is 46.0 Å². The van der Waals surface area contributed by atoms with Crippen LogP contribution in [0.3, 0.4) is 0 Å². The highest BCUT2D eigenvalue weighted by molar-refractivity contribution is 14.1. The predicted molar refractivity (Wildman–Crippen MR) is 156 cm³/mol. The number of halogens is 2. The maximum absolute atomic E-state index is 13.8. The summed E-state index contributed by atoms with van der Waals surface area (Å²) in [7, 11) is 0. The molecule has 5 nitrogen and oxygen atoms in total. The van der Waals surface area contributed by atoms with E-state index >= 15 is 0 Å². The van der Waals surface area contributed by atoms with Crippen molar-refractivity contribution in [3.63, 3.8) is 0 Å². The molecular formula is C30H32ClIN2O3. The Labute approximate surface area is 237 Å². The molecule has 1 aliphatic carbocycles. The van der Waals surface area contributed by atoms with Gasteiger partial charge in [0.15, 0.2) is 6.61 Å². The Morgan fingerprint density at radius 2 is 1.62 bits per heavy atom. The van der Waals surface area contributed by atoms with Gasteiger partial charge in [0.25, 0.3) is 5.91 Å². The molecule has 194 valence electrons. The zero-order valence-corrected chi connectivity index (χ0v) is 23.7. The third-order valence-electron chi connectivity index (χ3n) is 6.70. The van der Waals surface area contributed by atoms with E-state index in [1.54, 1.807) is 11.0 Å². The lowest BCUT2D eigenvalue weighted by molar-refractivity contribution is -0.143. The molecule has 0 unspecified atom stereocenters. The molecule has 0 bridgehead atoms. The van der Waals surface area contributed by atoms with Gasteiger partial charge >= 0.3 is 0 Å². The lowest BCUT2D eigenvalue weighted by Gasteiger charge is -2.33. The molecule has 2 amide bonds. The molecule has 0 saturated heterocycles. The van der Waals surface area contributed by atoms with Crippen LogP contribution < -0.4 is 10.1 Å². The number of rotatable bonds is 10. The molecule has 37 heavy (non-hydrogen) atoms. The van der Waals surface area contributed by atoms with E-state index in [2.05, 4.69) is 27.9 Å². The summed E-state index contributed by atoms with van der Waals surface area (Å²) in [6.45, 7) is 0.0389. The molecule has 1 N–H and O–H groups in total. The van der Waals surface area contributed by atoms with Gasteiger partial charge < -0.3 is 15.0 Å². The van der Waals surface area contributed by atoms with Gasteiger partial charge in [0.1, 0.15) is 11.8 Å². The van der Waals surface area contributed by atoms with Crippen LogP contribution in [0.5, 0.6) is 5.75 Å². The topological polar surface area (TPSA) is 58.6 Å². The van der Waals surface area contributed by atoms with E-state index in [4.69, 9.17) is 16.3 Å². The summed E-state index contributed by atoms with van der Waals surface area (Å²) in [5, 5.41) is 3.81. The third kappa shape index (κ3) is 8.20. The molecule has 3 aromatic rings. The molecule has 1 fully saturated rings. The van der Waals surface area contributed by atoms with Gasteiger partial charge in [-0.05, 0) is 76.9 Å². The molecule has 0 aromatic heterocycles. The van der Waals surface area contributed by atoms with Crippen molar-refractivity contribution in [2.75, 3.05) is 6.61 Å². The minimum Gasteiger partial charge on any atom is -0.484 e. The summed E-state index contributed by atoms with van der Waals surface area (Å²) in [5.74, 6) is 0.210. The summed E-state index contributed by atoms with van der Waals surface area (Å²) in [6.07, 6.45) is 5.77. The zero-order valence-electron chi connectivity index (χ0n) is 20.7. The second-order valence-electron chi connectivity index (χ2n) is 9.40. The van der Waals surface area contributed by atoms with Gasteiger partial charge in [0.2, 0.25) is 5.91 Å². The van der Waals surface area contributed by atoms with E-state index in [1.807, 2.05) is 72.8 Å². The van der Waals surface area contributed by atoms with Gasteiger partial charge in [-0.1, -0.05) is 79.4 Å². The molecule has 7 heteroatoms. The summed E-state index contributed by atoms with van der Waals surface area (Å²) in [4.78, 5) is 29.1. The van der Waals surface area contributed by atoms with Gasteiger partial charge in [-0.2, -0.15) is 0 Å². The second-order valence-corrected chi connectivity index (χ2v) is 11.1. The highest BCUT2D eigenvalue weighted by Gasteiger charge is 2.32. The van der Waals surface area contributed by atoms with Crippen LogP contribution in [0.15, 0.2) is 78.9 Å². The number of amides is 2. The van der Waals surface area contributed by atoms with E-state index < -0.39 is 6.04 Å². The van der Waals surface area contributed by atoms with Crippen molar-refractivity contribution in [3.8, 4) is 5.75 Å². The monoisotopic (exact) mass is 630 g/mol. The first-order valence-corrected chi connectivity index (χ1v) is 14.2. The molecule has 4 rings (SSSR count). The molecule has 0 radical (unpaired) electrons. The van der Waals surface area contributed by atoms with Crippen LogP contribution in [0.2, 0.25) is 5.02 Å². The molecule has 1 atom stereocenters. The molecule has 0 spiro atoms. The number of hydrogen-bond donors (Lipinski definition) is 1. The van der Waals surface area contributed by atoms with Crippen LogP contribution in [0.4, 0.5) is 0 Å². The SMILES string of the molecule is O=C(NC1CCCCC1)[C@@H](Cc1ccccc1)N(Cc1ccccc1Cl)C(=O)COc1ccc(I)cc1. The average Bonchev–Trinajstić information content (AvgIpc) is 2.92. The van der Waals surface area contributed by atoms with Crippen LogP contribution in [0.25, 0.3) is 0 Å². The maximum atomic E-state index is 13.8. The smallest absolute Gasteiger partial charge is 0.261 e. The van der Waals surface area contributed by atoms with Crippen LogP contribution >= 0.6 is 34.2 Å². The highest BCUT2D eigenvalue weighted by atomic mass is 127. The van der Waals surface area contributed by atoms with E-state index in [0.29, 0.717) is 17.2 Å². The van der Waals surface area contributed by atoms with Crippen molar-refractivity contribution in [2.45, 2.75) is 57.2 Å². The summed E-state index contributed by atoms with van der Waals surface area (Å²) >= 11 is 8.72. The fraction of sp³-hybridized carbons (Fsp3) is 0.333. The number of carbonyl (C=O) groups is 2. The lowest BCUT2D eigenvalue weighted by Crippen LogP contribution is -2.53. The van der Waals surface area contributed by atoms with Gasteiger partial charge in [-0.25, -0.2) is 0 Å². The Kier molecular flexibility index (Phi) is 10.3.